The van der Waals surface area contributed by atoms with Crippen LogP contribution in [-0.2, 0) is 0 Å². The van der Waals surface area contributed by atoms with Gasteiger partial charge >= 0.3 is 0 Å². The van der Waals surface area contributed by atoms with Crippen molar-refractivity contribution < 1.29 is 5.11 Å². The summed E-state index contributed by atoms with van der Waals surface area (Å²) in [6.45, 7) is 3.61. The SMILES string of the molecule is C=CC[C@H](N)c1cccc(O)c1.Cl. The van der Waals surface area contributed by atoms with Gasteiger partial charge in [0.1, 0.15) is 5.75 Å². The molecule has 0 aromatic heterocycles. The second-order valence-corrected chi connectivity index (χ2v) is 2.73. The molecule has 0 amide bonds. The molecule has 0 fully saturated rings. The highest BCUT2D eigenvalue weighted by Gasteiger charge is 2.03. The van der Waals surface area contributed by atoms with Crippen LogP contribution in [0.25, 0.3) is 0 Å². The molecule has 1 aromatic carbocycles. The van der Waals surface area contributed by atoms with E-state index in [9.17, 15) is 0 Å². The largest absolute Gasteiger partial charge is 0.508 e. The number of aromatic hydroxyl groups is 1. The summed E-state index contributed by atoms with van der Waals surface area (Å²) in [7, 11) is 0. The lowest BCUT2D eigenvalue weighted by atomic mass is 10.0. The third-order valence-corrected chi connectivity index (χ3v) is 1.72. The number of benzene rings is 1. The highest BCUT2D eigenvalue weighted by atomic mass is 35.5. The molecule has 3 N–H and O–H groups in total. The number of nitrogens with two attached hydrogens (primary N) is 1. The van der Waals surface area contributed by atoms with Gasteiger partial charge in [0.2, 0.25) is 0 Å². The maximum absolute atomic E-state index is 9.15. The normalized spacial score (nSPS) is 11.5. The van der Waals surface area contributed by atoms with Crippen molar-refractivity contribution in [2.24, 2.45) is 5.73 Å². The summed E-state index contributed by atoms with van der Waals surface area (Å²) in [5.41, 5.74) is 6.73. The fourth-order valence-corrected chi connectivity index (χ4v) is 1.07. The second-order valence-electron chi connectivity index (χ2n) is 2.73. The molecule has 1 aromatic rings. The van der Waals surface area contributed by atoms with Crippen LogP contribution >= 0.6 is 12.4 Å². The number of hydrogen-bond donors (Lipinski definition) is 2. The lowest BCUT2D eigenvalue weighted by Gasteiger charge is -2.08. The van der Waals surface area contributed by atoms with E-state index in [1.54, 1.807) is 24.3 Å². The minimum Gasteiger partial charge on any atom is -0.508 e. The number of hydrogen-bond acceptors (Lipinski definition) is 2. The van der Waals surface area contributed by atoms with Crippen molar-refractivity contribution in [2.45, 2.75) is 12.5 Å². The van der Waals surface area contributed by atoms with Crippen LogP contribution in [0.2, 0.25) is 0 Å². The van der Waals surface area contributed by atoms with E-state index >= 15 is 0 Å². The van der Waals surface area contributed by atoms with E-state index in [1.165, 1.54) is 0 Å². The Morgan fingerprint density at radius 3 is 2.77 bits per heavy atom. The lowest BCUT2D eigenvalue weighted by Crippen LogP contribution is -2.08. The topological polar surface area (TPSA) is 46.2 Å². The molecule has 0 heterocycles. The number of halogens is 1. The van der Waals surface area contributed by atoms with Crippen molar-refractivity contribution in [2.75, 3.05) is 0 Å². The minimum atomic E-state index is -0.0606. The van der Waals surface area contributed by atoms with Crippen molar-refractivity contribution in [3.05, 3.63) is 42.5 Å². The molecule has 0 unspecified atom stereocenters. The van der Waals surface area contributed by atoms with Gasteiger partial charge in [-0.25, -0.2) is 0 Å². The first-order valence-corrected chi connectivity index (χ1v) is 3.89. The summed E-state index contributed by atoms with van der Waals surface area (Å²) >= 11 is 0. The van der Waals surface area contributed by atoms with Crippen LogP contribution in [0.3, 0.4) is 0 Å². The summed E-state index contributed by atoms with van der Waals surface area (Å²) in [5, 5.41) is 9.15. The Morgan fingerprint density at radius 2 is 2.23 bits per heavy atom. The molecular weight excluding hydrogens is 186 g/mol. The lowest BCUT2D eigenvalue weighted by molar-refractivity contribution is 0.473. The van der Waals surface area contributed by atoms with Crippen molar-refractivity contribution in [1.82, 2.24) is 0 Å². The molecule has 0 spiro atoms. The van der Waals surface area contributed by atoms with E-state index in [1.807, 2.05) is 6.07 Å². The molecular formula is C10H14ClNO. The monoisotopic (exact) mass is 199 g/mol. The number of phenols is 1. The Labute approximate surface area is 84.5 Å². The summed E-state index contributed by atoms with van der Waals surface area (Å²) < 4.78 is 0. The van der Waals surface area contributed by atoms with E-state index in [0.29, 0.717) is 0 Å². The third kappa shape index (κ3) is 3.49. The Bertz CT molecular complexity index is 275. The van der Waals surface area contributed by atoms with Crippen LogP contribution in [0.1, 0.15) is 18.0 Å². The van der Waals surface area contributed by atoms with E-state index in [2.05, 4.69) is 6.58 Å². The van der Waals surface area contributed by atoms with Crippen LogP contribution in [0, 0.1) is 0 Å². The first-order chi connectivity index (χ1) is 5.74. The Morgan fingerprint density at radius 1 is 1.54 bits per heavy atom. The third-order valence-electron chi connectivity index (χ3n) is 1.72. The van der Waals surface area contributed by atoms with Gasteiger partial charge < -0.3 is 10.8 Å². The molecule has 0 saturated heterocycles. The summed E-state index contributed by atoms with van der Waals surface area (Å²) in [5.74, 6) is 0.256. The van der Waals surface area contributed by atoms with Crippen LogP contribution in [-0.4, -0.2) is 5.11 Å². The van der Waals surface area contributed by atoms with Gasteiger partial charge in [0.05, 0.1) is 0 Å². The second kappa shape index (κ2) is 5.62. The van der Waals surface area contributed by atoms with E-state index in [-0.39, 0.29) is 24.2 Å². The average molecular weight is 200 g/mol. The minimum absolute atomic E-state index is 0. The maximum Gasteiger partial charge on any atom is 0.115 e. The molecule has 1 atom stereocenters. The average Bonchev–Trinajstić information content (AvgIpc) is 2.05. The smallest absolute Gasteiger partial charge is 0.115 e. The van der Waals surface area contributed by atoms with Gasteiger partial charge in [0.25, 0.3) is 0 Å². The molecule has 2 nitrogen and oxygen atoms in total. The maximum atomic E-state index is 9.15. The zero-order valence-electron chi connectivity index (χ0n) is 7.31. The van der Waals surface area contributed by atoms with E-state index in [4.69, 9.17) is 10.8 Å². The van der Waals surface area contributed by atoms with Crippen molar-refractivity contribution in [3.63, 3.8) is 0 Å². The van der Waals surface area contributed by atoms with Crippen LogP contribution in [0.15, 0.2) is 36.9 Å². The Kier molecular flexibility index (Phi) is 5.19. The molecule has 0 saturated carbocycles. The zero-order chi connectivity index (χ0) is 8.97. The van der Waals surface area contributed by atoms with E-state index in [0.717, 1.165) is 12.0 Å². The fraction of sp³-hybridized carbons (Fsp3) is 0.200. The number of rotatable bonds is 3. The highest BCUT2D eigenvalue weighted by molar-refractivity contribution is 5.85. The van der Waals surface area contributed by atoms with Gasteiger partial charge in [0, 0.05) is 6.04 Å². The van der Waals surface area contributed by atoms with Gasteiger partial charge in [0.15, 0.2) is 0 Å². The van der Waals surface area contributed by atoms with Crippen LogP contribution in [0.5, 0.6) is 5.75 Å². The first kappa shape index (κ1) is 12.0. The predicted molar refractivity (Wildman–Crippen MR) is 57.1 cm³/mol. The van der Waals surface area contributed by atoms with Crippen molar-refractivity contribution >= 4 is 12.4 Å². The fourth-order valence-electron chi connectivity index (χ4n) is 1.07. The Hall–Kier alpha value is -0.990. The summed E-state index contributed by atoms with van der Waals surface area (Å²) in [4.78, 5) is 0. The van der Waals surface area contributed by atoms with Crippen molar-refractivity contribution in [3.8, 4) is 5.75 Å². The molecule has 0 aliphatic carbocycles. The van der Waals surface area contributed by atoms with Gasteiger partial charge in [-0.1, -0.05) is 18.2 Å². The molecule has 0 radical (unpaired) electrons. The molecule has 72 valence electrons. The standard InChI is InChI=1S/C10H13NO.ClH/c1-2-4-10(11)8-5-3-6-9(12)7-8;/h2-3,5-7,10,12H,1,4,11H2;1H/t10-;/m0./s1. The first-order valence-electron chi connectivity index (χ1n) is 3.89. The van der Waals surface area contributed by atoms with Gasteiger partial charge in [-0.2, -0.15) is 0 Å². The summed E-state index contributed by atoms with van der Waals surface area (Å²) in [6, 6.07) is 6.93. The molecule has 13 heavy (non-hydrogen) atoms. The number of phenolic OH excluding ortho intramolecular Hbond substituents is 1. The summed E-state index contributed by atoms with van der Waals surface area (Å²) in [6.07, 6.45) is 2.50. The molecule has 0 bridgehead atoms. The predicted octanol–water partition coefficient (Wildman–Crippen LogP) is 2.39. The van der Waals surface area contributed by atoms with Gasteiger partial charge in [-0.3, -0.25) is 0 Å². The van der Waals surface area contributed by atoms with E-state index < -0.39 is 0 Å². The quantitative estimate of drug-likeness (QED) is 0.735. The zero-order valence-corrected chi connectivity index (χ0v) is 8.13. The van der Waals surface area contributed by atoms with Crippen LogP contribution < -0.4 is 5.73 Å². The molecule has 3 heteroatoms. The van der Waals surface area contributed by atoms with Crippen LogP contribution in [0.4, 0.5) is 0 Å². The Balaban J connectivity index is 0.00000144. The van der Waals surface area contributed by atoms with Gasteiger partial charge in [-0.15, -0.1) is 19.0 Å². The molecule has 1 rings (SSSR count). The van der Waals surface area contributed by atoms with Crippen molar-refractivity contribution in [1.29, 1.82) is 0 Å². The van der Waals surface area contributed by atoms with Gasteiger partial charge in [-0.05, 0) is 24.1 Å². The molecule has 0 aliphatic rings. The highest BCUT2D eigenvalue weighted by Crippen LogP contribution is 2.18. The molecule has 0 aliphatic heterocycles.